The van der Waals surface area contributed by atoms with Crippen molar-refractivity contribution in [3.63, 3.8) is 0 Å². The average Bonchev–Trinajstić information content (AvgIpc) is 3.35. The van der Waals surface area contributed by atoms with E-state index in [1.54, 1.807) is 23.3 Å². The summed E-state index contributed by atoms with van der Waals surface area (Å²) in [5, 5.41) is 5.45. The second-order valence-corrected chi connectivity index (χ2v) is 6.92. The Labute approximate surface area is 156 Å². The van der Waals surface area contributed by atoms with Gasteiger partial charge < -0.3 is 4.42 Å². The topological polar surface area (TPSA) is 74.0 Å². The lowest BCUT2D eigenvalue weighted by molar-refractivity contribution is 0.577. The molecule has 5 aromatic heterocycles. The molecule has 0 aliphatic rings. The number of aryl methyl sites for hydroxylation is 1. The van der Waals surface area contributed by atoms with Gasteiger partial charge in [-0.3, -0.25) is 4.57 Å². The van der Waals surface area contributed by atoms with Crippen LogP contribution in [0.5, 0.6) is 0 Å². The summed E-state index contributed by atoms with van der Waals surface area (Å²) < 4.78 is 10.1. The maximum Gasteiger partial charge on any atom is 0.217 e. The summed E-state index contributed by atoms with van der Waals surface area (Å²) in [5.74, 6) is 1.98. The fraction of sp³-hybridized carbons (Fsp3) is 0.111. The fourth-order valence-electron chi connectivity index (χ4n) is 3.15. The van der Waals surface area contributed by atoms with Crippen LogP contribution in [0.3, 0.4) is 0 Å². The van der Waals surface area contributed by atoms with E-state index in [0.29, 0.717) is 11.6 Å². The SMILES string of the molecule is Cc1c(C)n(-c2ccc(Br)cn2)c2ncn3nc(-c4ccco4)nc3c12. The number of halogens is 1. The largest absolute Gasteiger partial charge is 0.461 e. The minimum atomic E-state index is 0.538. The molecule has 5 heterocycles. The van der Waals surface area contributed by atoms with Crippen molar-refractivity contribution in [1.29, 1.82) is 0 Å². The van der Waals surface area contributed by atoms with Gasteiger partial charge in [-0.1, -0.05) is 0 Å². The Kier molecular flexibility index (Phi) is 3.23. The predicted octanol–water partition coefficient (Wildman–Crippen LogP) is 4.10. The quantitative estimate of drug-likeness (QED) is 0.439. The molecule has 0 N–H and O–H groups in total. The number of rotatable bonds is 2. The summed E-state index contributed by atoms with van der Waals surface area (Å²) >= 11 is 3.43. The monoisotopic (exact) mass is 408 g/mol. The number of furan rings is 1. The first-order valence-electron chi connectivity index (χ1n) is 8.02. The number of hydrogen-bond donors (Lipinski definition) is 0. The summed E-state index contributed by atoms with van der Waals surface area (Å²) in [6.45, 7) is 4.12. The van der Waals surface area contributed by atoms with Crippen LogP contribution in [0.1, 0.15) is 11.3 Å². The number of nitrogens with zero attached hydrogens (tertiary/aromatic N) is 6. The summed E-state index contributed by atoms with van der Waals surface area (Å²) in [5.41, 5.74) is 3.72. The third-order valence-corrected chi connectivity index (χ3v) is 4.98. The molecule has 8 heteroatoms. The molecule has 0 unspecified atom stereocenters. The summed E-state index contributed by atoms with van der Waals surface area (Å²) in [7, 11) is 0. The van der Waals surface area contributed by atoms with Gasteiger partial charge in [-0.15, -0.1) is 5.10 Å². The Morgan fingerprint density at radius 1 is 1.08 bits per heavy atom. The van der Waals surface area contributed by atoms with Crippen molar-refractivity contribution in [1.82, 2.24) is 29.1 Å². The normalized spacial score (nSPS) is 11.7. The molecule has 26 heavy (non-hydrogen) atoms. The lowest BCUT2D eigenvalue weighted by atomic mass is 10.2. The maximum absolute atomic E-state index is 5.42. The molecule has 0 atom stereocenters. The molecule has 0 saturated carbocycles. The molecule has 5 aromatic rings. The second kappa shape index (κ2) is 5.50. The third kappa shape index (κ3) is 2.12. The maximum atomic E-state index is 5.42. The van der Waals surface area contributed by atoms with Crippen molar-refractivity contribution in [3.05, 3.63) is 58.8 Å². The van der Waals surface area contributed by atoms with E-state index in [1.807, 2.05) is 28.8 Å². The van der Waals surface area contributed by atoms with Gasteiger partial charge >= 0.3 is 0 Å². The van der Waals surface area contributed by atoms with Crippen molar-refractivity contribution in [2.45, 2.75) is 13.8 Å². The van der Waals surface area contributed by atoms with Crippen LogP contribution in [0.25, 0.3) is 34.1 Å². The number of aromatic nitrogens is 6. The zero-order valence-electron chi connectivity index (χ0n) is 14.0. The Bertz CT molecular complexity index is 1250. The predicted molar refractivity (Wildman–Crippen MR) is 100 cm³/mol. The first kappa shape index (κ1) is 15.3. The molecule has 5 rings (SSSR count). The molecule has 0 bridgehead atoms. The second-order valence-electron chi connectivity index (χ2n) is 6.00. The van der Waals surface area contributed by atoms with E-state index < -0.39 is 0 Å². The van der Waals surface area contributed by atoms with E-state index >= 15 is 0 Å². The molecule has 0 saturated heterocycles. The molecular formula is C18H13BrN6O. The Balaban J connectivity index is 1.82. The van der Waals surface area contributed by atoms with Crippen LogP contribution in [0.2, 0.25) is 0 Å². The molecule has 0 spiro atoms. The zero-order chi connectivity index (χ0) is 17.8. The standard InChI is InChI=1S/C18H13BrN6O/c1-10-11(2)25(14-6-5-12(19)8-20-14)17-15(10)18-22-16(13-4-3-7-26-13)23-24(18)9-21-17/h3-9H,1-2H3. The van der Waals surface area contributed by atoms with Crippen LogP contribution >= 0.6 is 15.9 Å². The highest BCUT2D eigenvalue weighted by Crippen LogP contribution is 2.30. The summed E-state index contributed by atoms with van der Waals surface area (Å²) in [6, 6.07) is 7.59. The van der Waals surface area contributed by atoms with Crippen LogP contribution in [-0.2, 0) is 0 Å². The molecule has 0 aliphatic carbocycles. The van der Waals surface area contributed by atoms with E-state index in [1.165, 1.54) is 0 Å². The lowest BCUT2D eigenvalue weighted by Gasteiger charge is -2.06. The number of hydrogen-bond acceptors (Lipinski definition) is 5. The van der Waals surface area contributed by atoms with Gasteiger partial charge in [0.1, 0.15) is 12.1 Å². The highest BCUT2D eigenvalue weighted by molar-refractivity contribution is 9.10. The van der Waals surface area contributed by atoms with E-state index in [-0.39, 0.29) is 0 Å². The smallest absolute Gasteiger partial charge is 0.217 e. The molecule has 0 aromatic carbocycles. The molecule has 7 nitrogen and oxygen atoms in total. The zero-order valence-corrected chi connectivity index (χ0v) is 15.6. The first-order chi connectivity index (χ1) is 12.6. The first-order valence-corrected chi connectivity index (χ1v) is 8.81. The van der Waals surface area contributed by atoms with Gasteiger partial charge in [-0.2, -0.15) is 0 Å². The van der Waals surface area contributed by atoms with Crippen LogP contribution < -0.4 is 0 Å². The van der Waals surface area contributed by atoms with Crippen molar-refractivity contribution >= 4 is 32.6 Å². The Hall–Kier alpha value is -3.00. The molecule has 0 amide bonds. The minimum Gasteiger partial charge on any atom is -0.461 e. The molecular weight excluding hydrogens is 396 g/mol. The van der Waals surface area contributed by atoms with Crippen molar-refractivity contribution < 1.29 is 4.42 Å². The van der Waals surface area contributed by atoms with Gasteiger partial charge in [0, 0.05) is 16.4 Å². The van der Waals surface area contributed by atoms with E-state index in [9.17, 15) is 0 Å². The third-order valence-electron chi connectivity index (χ3n) is 4.52. The minimum absolute atomic E-state index is 0.538. The van der Waals surface area contributed by atoms with Gasteiger partial charge in [0.2, 0.25) is 5.82 Å². The van der Waals surface area contributed by atoms with Gasteiger partial charge in [-0.05, 0) is 59.6 Å². The van der Waals surface area contributed by atoms with Crippen LogP contribution in [0.15, 0.2) is 51.9 Å². The van der Waals surface area contributed by atoms with Crippen molar-refractivity contribution in [2.24, 2.45) is 0 Å². The van der Waals surface area contributed by atoms with Crippen molar-refractivity contribution in [3.8, 4) is 17.4 Å². The fourth-order valence-corrected chi connectivity index (χ4v) is 3.39. The van der Waals surface area contributed by atoms with Gasteiger partial charge in [0.05, 0.1) is 11.6 Å². The highest BCUT2D eigenvalue weighted by atomic mass is 79.9. The summed E-state index contributed by atoms with van der Waals surface area (Å²) in [6.07, 6.45) is 5.06. The molecule has 0 aliphatic heterocycles. The summed E-state index contributed by atoms with van der Waals surface area (Å²) in [4.78, 5) is 13.8. The molecule has 0 radical (unpaired) electrons. The van der Waals surface area contributed by atoms with Crippen LogP contribution in [-0.4, -0.2) is 29.1 Å². The average molecular weight is 409 g/mol. The lowest BCUT2D eigenvalue weighted by Crippen LogP contribution is -2.01. The van der Waals surface area contributed by atoms with E-state index in [2.05, 4.69) is 49.8 Å². The van der Waals surface area contributed by atoms with Gasteiger partial charge in [0.15, 0.2) is 17.1 Å². The Morgan fingerprint density at radius 2 is 1.96 bits per heavy atom. The van der Waals surface area contributed by atoms with E-state index in [4.69, 9.17) is 4.42 Å². The van der Waals surface area contributed by atoms with Gasteiger partial charge in [0.25, 0.3) is 0 Å². The highest BCUT2D eigenvalue weighted by Gasteiger charge is 2.20. The number of fused-ring (bicyclic) bond motifs is 3. The van der Waals surface area contributed by atoms with Crippen LogP contribution in [0, 0.1) is 13.8 Å². The van der Waals surface area contributed by atoms with E-state index in [0.717, 1.165) is 38.2 Å². The molecule has 0 fully saturated rings. The van der Waals surface area contributed by atoms with Crippen LogP contribution in [0.4, 0.5) is 0 Å². The van der Waals surface area contributed by atoms with Gasteiger partial charge in [-0.25, -0.2) is 19.5 Å². The molecule has 128 valence electrons. The number of pyridine rings is 1. The Morgan fingerprint density at radius 3 is 2.69 bits per heavy atom. The van der Waals surface area contributed by atoms with Crippen molar-refractivity contribution in [2.75, 3.05) is 0 Å².